The average molecular weight is 294 g/mol. The molecule has 0 aliphatic carbocycles. The Hall–Kier alpha value is -1.89. The van der Waals surface area contributed by atoms with Crippen molar-refractivity contribution < 1.29 is 4.92 Å². The average Bonchev–Trinajstić information content (AvgIpc) is 3.00. The molecule has 0 atom stereocenters. The SMILES string of the molecule is CCc1ccc(CNc2c([N+](=O)[O-])c(CC)nn2C)s1. The molecule has 6 nitrogen and oxygen atoms in total. The van der Waals surface area contributed by atoms with Gasteiger partial charge in [-0.2, -0.15) is 5.10 Å². The van der Waals surface area contributed by atoms with E-state index in [1.165, 1.54) is 4.88 Å². The Labute approximate surface area is 121 Å². The number of thiophene rings is 1. The Bertz CT molecular complexity index is 618. The van der Waals surface area contributed by atoms with Crippen molar-refractivity contribution in [2.24, 2.45) is 7.05 Å². The zero-order chi connectivity index (χ0) is 14.7. The van der Waals surface area contributed by atoms with Gasteiger partial charge in [-0.1, -0.05) is 13.8 Å². The second kappa shape index (κ2) is 6.04. The number of rotatable bonds is 6. The molecule has 1 N–H and O–H groups in total. The van der Waals surface area contributed by atoms with Gasteiger partial charge in [-0.05, 0) is 25.0 Å². The van der Waals surface area contributed by atoms with E-state index in [1.54, 1.807) is 23.1 Å². The third-order valence-electron chi connectivity index (χ3n) is 3.11. The van der Waals surface area contributed by atoms with Gasteiger partial charge in [-0.25, -0.2) is 4.68 Å². The van der Waals surface area contributed by atoms with Crippen LogP contribution in [0.3, 0.4) is 0 Å². The molecule has 2 aromatic heterocycles. The molecule has 0 aliphatic heterocycles. The smallest absolute Gasteiger partial charge is 0.333 e. The molecule has 2 heterocycles. The summed E-state index contributed by atoms with van der Waals surface area (Å²) in [5.74, 6) is 0.471. The molecule has 0 spiro atoms. The van der Waals surface area contributed by atoms with E-state index in [-0.39, 0.29) is 10.6 Å². The molecule has 0 saturated carbocycles. The maximum absolute atomic E-state index is 11.2. The van der Waals surface area contributed by atoms with Crippen molar-refractivity contribution in [1.82, 2.24) is 9.78 Å². The molecular weight excluding hydrogens is 276 g/mol. The van der Waals surface area contributed by atoms with Crippen LogP contribution in [0.25, 0.3) is 0 Å². The fraction of sp³-hybridized carbons (Fsp3) is 0.462. The molecule has 0 fully saturated rings. The highest BCUT2D eigenvalue weighted by atomic mass is 32.1. The molecule has 0 unspecified atom stereocenters. The van der Waals surface area contributed by atoms with Crippen LogP contribution in [0.1, 0.15) is 29.3 Å². The minimum atomic E-state index is -0.361. The van der Waals surface area contributed by atoms with Gasteiger partial charge in [0.25, 0.3) is 0 Å². The summed E-state index contributed by atoms with van der Waals surface area (Å²) in [7, 11) is 1.72. The van der Waals surface area contributed by atoms with Crippen LogP contribution in [0.15, 0.2) is 12.1 Å². The number of nitrogens with one attached hydrogen (secondary N) is 1. The van der Waals surface area contributed by atoms with Crippen LogP contribution in [0.4, 0.5) is 11.5 Å². The number of nitrogens with zero attached hydrogens (tertiary/aromatic N) is 3. The number of hydrogen-bond donors (Lipinski definition) is 1. The Kier molecular flexibility index (Phi) is 4.39. The van der Waals surface area contributed by atoms with E-state index in [2.05, 4.69) is 29.5 Å². The fourth-order valence-electron chi connectivity index (χ4n) is 2.07. The normalized spacial score (nSPS) is 10.8. The van der Waals surface area contributed by atoms with Crippen LogP contribution in [-0.2, 0) is 26.4 Å². The lowest BCUT2D eigenvalue weighted by Crippen LogP contribution is -2.05. The van der Waals surface area contributed by atoms with Gasteiger partial charge in [-0.15, -0.1) is 11.3 Å². The quantitative estimate of drug-likeness (QED) is 0.656. The van der Waals surface area contributed by atoms with Gasteiger partial charge in [0.15, 0.2) is 0 Å². The summed E-state index contributed by atoms with van der Waals surface area (Å²) < 4.78 is 1.55. The van der Waals surface area contributed by atoms with Crippen molar-refractivity contribution in [3.63, 3.8) is 0 Å². The van der Waals surface area contributed by atoms with E-state index >= 15 is 0 Å². The first-order valence-electron chi connectivity index (χ1n) is 6.58. The van der Waals surface area contributed by atoms with Crippen LogP contribution < -0.4 is 5.32 Å². The van der Waals surface area contributed by atoms with E-state index in [0.717, 1.165) is 11.3 Å². The molecule has 2 aromatic rings. The molecular formula is C13H18N4O2S. The first-order chi connectivity index (χ1) is 9.56. The lowest BCUT2D eigenvalue weighted by Gasteiger charge is -2.04. The van der Waals surface area contributed by atoms with Gasteiger partial charge in [-0.3, -0.25) is 10.1 Å². The van der Waals surface area contributed by atoms with Crippen molar-refractivity contribution in [3.05, 3.63) is 37.7 Å². The van der Waals surface area contributed by atoms with Gasteiger partial charge in [0.1, 0.15) is 5.69 Å². The van der Waals surface area contributed by atoms with Crippen LogP contribution in [0, 0.1) is 10.1 Å². The summed E-state index contributed by atoms with van der Waals surface area (Å²) >= 11 is 1.72. The minimum Gasteiger partial charge on any atom is -0.360 e. The molecule has 0 radical (unpaired) electrons. The summed E-state index contributed by atoms with van der Waals surface area (Å²) in [4.78, 5) is 13.3. The molecule has 0 aromatic carbocycles. The van der Waals surface area contributed by atoms with Crippen molar-refractivity contribution in [2.45, 2.75) is 33.2 Å². The fourth-order valence-corrected chi connectivity index (χ4v) is 2.97. The first-order valence-corrected chi connectivity index (χ1v) is 7.40. The zero-order valence-corrected chi connectivity index (χ0v) is 12.7. The second-order valence-electron chi connectivity index (χ2n) is 4.45. The summed E-state index contributed by atoms with van der Waals surface area (Å²) in [5, 5.41) is 18.5. The molecule has 7 heteroatoms. The molecule has 0 saturated heterocycles. The minimum absolute atomic E-state index is 0.0854. The second-order valence-corrected chi connectivity index (χ2v) is 5.71. The molecule has 108 valence electrons. The summed E-state index contributed by atoms with van der Waals surface area (Å²) in [5.41, 5.74) is 0.600. The molecule has 0 aliphatic rings. The molecule has 0 bridgehead atoms. The monoisotopic (exact) mass is 294 g/mol. The van der Waals surface area contributed by atoms with Gasteiger partial charge in [0.2, 0.25) is 5.82 Å². The third-order valence-corrected chi connectivity index (χ3v) is 4.33. The predicted molar refractivity (Wildman–Crippen MR) is 80.3 cm³/mol. The number of aryl methyl sites for hydroxylation is 3. The van der Waals surface area contributed by atoms with E-state index in [9.17, 15) is 10.1 Å². The highest BCUT2D eigenvalue weighted by Gasteiger charge is 2.25. The van der Waals surface area contributed by atoms with Crippen molar-refractivity contribution in [2.75, 3.05) is 5.32 Å². The van der Waals surface area contributed by atoms with Crippen molar-refractivity contribution in [3.8, 4) is 0 Å². The maximum atomic E-state index is 11.2. The largest absolute Gasteiger partial charge is 0.360 e. The zero-order valence-electron chi connectivity index (χ0n) is 11.8. The number of aromatic nitrogens is 2. The molecule has 2 rings (SSSR count). The van der Waals surface area contributed by atoms with Crippen LogP contribution in [0.5, 0.6) is 0 Å². The summed E-state index contributed by atoms with van der Waals surface area (Å²) in [6, 6.07) is 4.15. The van der Waals surface area contributed by atoms with Crippen LogP contribution in [-0.4, -0.2) is 14.7 Å². The Morgan fingerprint density at radius 1 is 1.35 bits per heavy atom. The summed E-state index contributed by atoms with van der Waals surface area (Å²) in [6.45, 7) is 4.56. The molecule has 20 heavy (non-hydrogen) atoms. The topological polar surface area (TPSA) is 73.0 Å². The van der Waals surface area contributed by atoms with Gasteiger partial charge < -0.3 is 5.32 Å². The third kappa shape index (κ3) is 2.82. The van der Waals surface area contributed by atoms with Crippen molar-refractivity contribution >= 4 is 22.8 Å². The highest BCUT2D eigenvalue weighted by molar-refractivity contribution is 7.12. The maximum Gasteiger partial charge on any atom is 0.333 e. The highest BCUT2D eigenvalue weighted by Crippen LogP contribution is 2.29. The van der Waals surface area contributed by atoms with E-state index in [1.807, 2.05) is 6.92 Å². The Morgan fingerprint density at radius 2 is 2.05 bits per heavy atom. The van der Waals surface area contributed by atoms with Gasteiger partial charge >= 0.3 is 5.69 Å². The number of nitro groups is 1. The Balaban J connectivity index is 2.20. The lowest BCUT2D eigenvalue weighted by atomic mass is 10.3. The number of hydrogen-bond acceptors (Lipinski definition) is 5. The van der Waals surface area contributed by atoms with E-state index < -0.39 is 0 Å². The Morgan fingerprint density at radius 3 is 2.60 bits per heavy atom. The standard InChI is InChI=1S/C13H18N4O2S/c1-4-9-6-7-10(20-9)8-14-13-12(17(18)19)11(5-2)15-16(13)3/h6-7,14H,4-5,8H2,1-3H3. The number of anilines is 1. The van der Waals surface area contributed by atoms with Gasteiger partial charge in [0, 0.05) is 16.8 Å². The summed E-state index contributed by atoms with van der Waals surface area (Å²) in [6.07, 6.45) is 1.56. The lowest BCUT2D eigenvalue weighted by molar-refractivity contribution is -0.384. The van der Waals surface area contributed by atoms with E-state index in [4.69, 9.17) is 0 Å². The molecule has 0 amide bonds. The first kappa shape index (κ1) is 14.5. The predicted octanol–water partition coefficient (Wildman–Crippen LogP) is 3.13. The van der Waals surface area contributed by atoms with Gasteiger partial charge in [0.05, 0.1) is 11.5 Å². The van der Waals surface area contributed by atoms with Crippen LogP contribution in [0.2, 0.25) is 0 Å². The van der Waals surface area contributed by atoms with E-state index in [0.29, 0.717) is 24.5 Å². The van der Waals surface area contributed by atoms with Crippen molar-refractivity contribution in [1.29, 1.82) is 0 Å². The van der Waals surface area contributed by atoms with Crippen LogP contribution >= 0.6 is 11.3 Å².